The monoisotopic (exact) mass is 200 g/mol. The normalized spacial score (nSPS) is 12.1. The lowest BCUT2D eigenvalue weighted by Crippen LogP contribution is -1.90. The first-order chi connectivity index (χ1) is 6.07. The Hall–Kier alpha value is -1.43. The maximum atomic E-state index is 12.5. The second kappa shape index (κ2) is 2.53. The van der Waals surface area contributed by atoms with E-state index < -0.39 is 15.2 Å². The molecule has 2 rings (SSSR count). The number of aromatic nitrogens is 2. The highest BCUT2D eigenvalue weighted by atomic mass is 32.3. The lowest BCUT2D eigenvalue weighted by molar-refractivity contribution is 0.548. The number of pyridine rings is 1. The van der Waals surface area contributed by atoms with Crippen LogP contribution in [0.2, 0.25) is 0 Å². The molecule has 13 heavy (non-hydrogen) atoms. The Bertz CT molecular complexity index is 513. The Morgan fingerprint density at radius 3 is 2.77 bits per heavy atom. The summed E-state index contributed by atoms with van der Waals surface area (Å²) in [5.41, 5.74) is 0.402. The minimum absolute atomic E-state index is 0.402. The second-order valence-electron chi connectivity index (χ2n) is 2.48. The number of hydrogen-bond acceptors (Lipinski definition) is 3. The van der Waals surface area contributed by atoms with Gasteiger partial charge in [0.2, 0.25) is 5.03 Å². The van der Waals surface area contributed by atoms with Gasteiger partial charge in [0.15, 0.2) is 0 Å². The molecule has 0 aromatic carbocycles. The fraction of sp³-hybridized carbons (Fsp3) is 0. The average molecular weight is 200 g/mol. The average Bonchev–Trinajstić information content (AvgIpc) is 2.45. The minimum atomic E-state index is -4.70. The Labute approximate surface area is 73.9 Å². The van der Waals surface area contributed by atoms with Crippen LogP contribution in [0, 0.1) is 0 Å². The molecule has 0 saturated heterocycles. The van der Waals surface area contributed by atoms with Crippen molar-refractivity contribution in [3.8, 4) is 0 Å². The first kappa shape index (κ1) is 8.18. The van der Waals surface area contributed by atoms with E-state index >= 15 is 0 Å². The van der Waals surface area contributed by atoms with E-state index in [1.807, 2.05) is 0 Å². The summed E-state index contributed by atoms with van der Waals surface area (Å²) in [6.07, 6.45) is 2.72. The van der Waals surface area contributed by atoms with Crippen LogP contribution in [-0.4, -0.2) is 17.8 Å². The second-order valence-corrected chi connectivity index (χ2v) is 3.78. The van der Waals surface area contributed by atoms with E-state index in [1.54, 1.807) is 24.4 Å². The summed E-state index contributed by atoms with van der Waals surface area (Å²) in [7, 11) is -4.70. The van der Waals surface area contributed by atoms with Crippen molar-refractivity contribution in [1.82, 2.24) is 9.38 Å². The van der Waals surface area contributed by atoms with Gasteiger partial charge in [0.25, 0.3) is 0 Å². The quantitative estimate of drug-likeness (QED) is 0.645. The Morgan fingerprint density at radius 1 is 1.38 bits per heavy atom. The van der Waals surface area contributed by atoms with E-state index in [0.29, 0.717) is 5.65 Å². The maximum Gasteiger partial charge on any atom is 0.351 e. The first-order valence-electron chi connectivity index (χ1n) is 3.46. The van der Waals surface area contributed by atoms with Gasteiger partial charge in [-0.2, -0.15) is 8.42 Å². The summed E-state index contributed by atoms with van der Waals surface area (Å²) in [4.78, 5) is 3.58. The van der Waals surface area contributed by atoms with Crippen LogP contribution in [-0.2, 0) is 10.2 Å². The number of rotatable bonds is 1. The van der Waals surface area contributed by atoms with Gasteiger partial charge in [-0.05, 0) is 12.1 Å². The van der Waals surface area contributed by atoms with Crippen molar-refractivity contribution in [1.29, 1.82) is 0 Å². The SMILES string of the molecule is O=S(=O)(F)c1cn2ccccc2n1. The Morgan fingerprint density at radius 2 is 2.15 bits per heavy atom. The van der Waals surface area contributed by atoms with Crippen molar-refractivity contribution in [2.24, 2.45) is 0 Å². The van der Waals surface area contributed by atoms with Gasteiger partial charge >= 0.3 is 10.2 Å². The van der Waals surface area contributed by atoms with Gasteiger partial charge in [0.05, 0.1) is 6.20 Å². The van der Waals surface area contributed by atoms with Gasteiger partial charge in [0, 0.05) is 6.20 Å². The zero-order valence-corrected chi connectivity index (χ0v) is 7.20. The van der Waals surface area contributed by atoms with Crippen molar-refractivity contribution in [2.75, 3.05) is 0 Å². The van der Waals surface area contributed by atoms with Gasteiger partial charge in [-0.3, -0.25) is 0 Å². The molecule has 0 radical (unpaired) electrons. The summed E-state index contributed by atoms with van der Waals surface area (Å²) >= 11 is 0. The van der Waals surface area contributed by atoms with Crippen LogP contribution in [0.1, 0.15) is 0 Å². The Balaban J connectivity index is 2.77. The number of hydrogen-bond donors (Lipinski definition) is 0. The largest absolute Gasteiger partial charge is 0.351 e. The highest BCUT2D eigenvalue weighted by molar-refractivity contribution is 7.86. The fourth-order valence-corrected chi connectivity index (χ4v) is 1.47. The van der Waals surface area contributed by atoms with E-state index in [1.165, 1.54) is 4.40 Å². The predicted octanol–water partition coefficient (Wildman–Crippen LogP) is 0.992. The molecular formula is C7H5FN2O2S. The molecule has 0 aliphatic heterocycles. The summed E-state index contributed by atoms with van der Waals surface area (Å²) in [5, 5.41) is -0.557. The third-order valence-electron chi connectivity index (χ3n) is 1.59. The standard InChI is InChI=1S/C7H5FN2O2S/c8-13(11,12)7-5-10-4-2-1-3-6(10)9-7/h1-5H. The molecule has 0 unspecified atom stereocenters. The number of imidazole rings is 1. The predicted molar refractivity (Wildman–Crippen MR) is 43.5 cm³/mol. The molecule has 0 atom stereocenters. The molecule has 0 aliphatic rings. The number of nitrogens with zero attached hydrogens (tertiary/aromatic N) is 2. The molecule has 2 heterocycles. The van der Waals surface area contributed by atoms with Crippen molar-refractivity contribution in [3.05, 3.63) is 30.6 Å². The molecule has 0 saturated carbocycles. The van der Waals surface area contributed by atoms with Crippen LogP contribution in [0.25, 0.3) is 5.65 Å². The summed E-state index contributed by atoms with van der Waals surface area (Å²) in [6, 6.07) is 4.98. The lowest BCUT2D eigenvalue weighted by Gasteiger charge is -1.86. The van der Waals surface area contributed by atoms with Gasteiger partial charge in [-0.25, -0.2) is 4.98 Å². The molecule has 0 fully saturated rings. The van der Waals surface area contributed by atoms with Gasteiger partial charge in [0.1, 0.15) is 5.65 Å². The highest BCUT2D eigenvalue weighted by Gasteiger charge is 2.15. The lowest BCUT2D eigenvalue weighted by atomic mass is 10.5. The molecule has 0 bridgehead atoms. The highest BCUT2D eigenvalue weighted by Crippen LogP contribution is 2.11. The van der Waals surface area contributed by atoms with E-state index in [0.717, 1.165) is 6.20 Å². The minimum Gasteiger partial charge on any atom is -0.306 e. The molecule has 0 spiro atoms. The molecular weight excluding hydrogens is 195 g/mol. The van der Waals surface area contributed by atoms with Crippen LogP contribution in [0.5, 0.6) is 0 Å². The molecule has 68 valence electrons. The van der Waals surface area contributed by atoms with Crippen molar-refractivity contribution < 1.29 is 12.3 Å². The van der Waals surface area contributed by atoms with E-state index in [2.05, 4.69) is 4.98 Å². The van der Waals surface area contributed by atoms with Gasteiger partial charge in [-0.15, -0.1) is 0 Å². The maximum absolute atomic E-state index is 12.5. The zero-order valence-electron chi connectivity index (χ0n) is 6.38. The number of fused-ring (bicyclic) bond motifs is 1. The van der Waals surface area contributed by atoms with Crippen LogP contribution in [0.15, 0.2) is 35.6 Å². The van der Waals surface area contributed by atoms with Crippen molar-refractivity contribution >= 4 is 15.9 Å². The molecule has 0 aliphatic carbocycles. The number of halogens is 1. The molecule has 0 N–H and O–H groups in total. The van der Waals surface area contributed by atoms with Crippen LogP contribution >= 0.6 is 0 Å². The molecule has 0 amide bonds. The molecule has 2 aromatic rings. The summed E-state index contributed by atoms with van der Waals surface area (Å²) < 4.78 is 34.8. The first-order valence-corrected chi connectivity index (χ1v) is 4.84. The molecule has 4 nitrogen and oxygen atoms in total. The summed E-state index contributed by atoms with van der Waals surface area (Å²) in [6.45, 7) is 0. The van der Waals surface area contributed by atoms with Gasteiger partial charge < -0.3 is 4.40 Å². The molecule has 6 heteroatoms. The fourth-order valence-electron chi connectivity index (χ4n) is 1.03. The zero-order chi connectivity index (χ0) is 9.47. The molecule has 2 aromatic heterocycles. The summed E-state index contributed by atoms with van der Waals surface area (Å²) in [5.74, 6) is 0. The third-order valence-corrected chi connectivity index (χ3v) is 2.29. The van der Waals surface area contributed by atoms with Crippen molar-refractivity contribution in [2.45, 2.75) is 5.03 Å². The third kappa shape index (κ3) is 1.40. The van der Waals surface area contributed by atoms with E-state index in [-0.39, 0.29) is 0 Å². The van der Waals surface area contributed by atoms with Gasteiger partial charge in [-0.1, -0.05) is 9.95 Å². The van der Waals surface area contributed by atoms with Crippen LogP contribution < -0.4 is 0 Å². The van der Waals surface area contributed by atoms with Crippen LogP contribution in [0.4, 0.5) is 3.89 Å². The topological polar surface area (TPSA) is 51.4 Å². The van der Waals surface area contributed by atoms with Crippen LogP contribution in [0.3, 0.4) is 0 Å². The Kier molecular flexibility index (Phi) is 1.59. The van der Waals surface area contributed by atoms with E-state index in [9.17, 15) is 12.3 Å². The van der Waals surface area contributed by atoms with E-state index in [4.69, 9.17) is 0 Å². The smallest absolute Gasteiger partial charge is 0.306 e. The van der Waals surface area contributed by atoms with Crippen molar-refractivity contribution in [3.63, 3.8) is 0 Å².